The molecule has 14 heavy (non-hydrogen) atoms. The highest BCUT2D eigenvalue weighted by Crippen LogP contribution is 2.10. The summed E-state index contributed by atoms with van der Waals surface area (Å²) < 4.78 is 1.66. The Morgan fingerprint density at radius 2 is 2.29 bits per heavy atom. The summed E-state index contributed by atoms with van der Waals surface area (Å²) in [5, 5.41) is 3.98. The maximum absolute atomic E-state index is 11.6. The molecular formula is C11H18N2O. The lowest BCUT2D eigenvalue weighted by atomic mass is 10.0. The topological polar surface area (TPSA) is 34.9 Å². The maximum Gasteiger partial charge on any atom is 0.166 e. The van der Waals surface area contributed by atoms with Crippen LogP contribution in [0.1, 0.15) is 43.5 Å². The second kappa shape index (κ2) is 4.94. The molecule has 1 rings (SSSR count). The summed E-state index contributed by atoms with van der Waals surface area (Å²) in [6.07, 6.45) is 6.15. The SMILES string of the molecule is CC(C)CCCC(=O)c1cnn(C)c1. The highest BCUT2D eigenvalue weighted by molar-refractivity contribution is 5.95. The van der Waals surface area contributed by atoms with Crippen LogP contribution in [0.15, 0.2) is 12.4 Å². The van der Waals surface area contributed by atoms with Gasteiger partial charge in [0.05, 0.1) is 11.8 Å². The summed E-state index contributed by atoms with van der Waals surface area (Å²) in [6.45, 7) is 4.35. The number of rotatable bonds is 5. The molecule has 1 aromatic heterocycles. The fourth-order valence-electron chi connectivity index (χ4n) is 1.38. The van der Waals surface area contributed by atoms with Crippen molar-refractivity contribution in [3.8, 4) is 0 Å². The first kappa shape index (κ1) is 11.0. The average molecular weight is 194 g/mol. The van der Waals surface area contributed by atoms with E-state index in [4.69, 9.17) is 0 Å². The molecule has 0 fully saturated rings. The van der Waals surface area contributed by atoms with Gasteiger partial charge in [0.2, 0.25) is 0 Å². The van der Waals surface area contributed by atoms with Crippen LogP contribution < -0.4 is 0 Å². The molecule has 0 aliphatic rings. The Labute approximate surface area is 85.1 Å². The molecule has 0 aromatic carbocycles. The Kier molecular flexibility index (Phi) is 3.86. The van der Waals surface area contributed by atoms with Gasteiger partial charge in [-0.05, 0) is 12.3 Å². The average Bonchev–Trinajstić information content (AvgIpc) is 2.51. The van der Waals surface area contributed by atoms with Crippen molar-refractivity contribution < 1.29 is 4.79 Å². The molecule has 3 nitrogen and oxygen atoms in total. The molecule has 1 aromatic rings. The van der Waals surface area contributed by atoms with Crippen molar-refractivity contribution in [2.24, 2.45) is 13.0 Å². The largest absolute Gasteiger partial charge is 0.294 e. The van der Waals surface area contributed by atoms with Gasteiger partial charge in [0.25, 0.3) is 0 Å². The van der Waals surface area contributed by atoms with E-state index in [0.29, 0.717) is 12.3 Å². The lowest BCUT2D eigenvalue weighted by Crippen LogP contribution is -1.98. The smallest absolute Gasteiger partial charge is 0.166 e. The Morgan fingerprint density at radius 3 is 2.79 bits per heavy atom. The van der Waals surface area contributed by atoms with Crippen LogP contribution in [0.3, 0.4) is 0 Å². The number of nitrogens with zero attached hydrogens (tertiary/aromatic N) is 2. The molecule has 0 saturated carbocycles. The minimum atomic E-state index is 0.207. The van der Waals surface area contributed by atoms with E-state index in [2.05, 4.69) is 18.9 Å². The number of aryl methyl sites for hydroxylation is 1. The zero-order chi connectivity index (χ0) is 10.6. The van der Waals surface area contributed by atoms with Gasteiger partial charge in [-0.1, -0.05) is 20.3 Å². The predicted octanol–water partition coefficient (Wildman–Crippen LogP) is 2.43. The van der Waals surface area contributed by atoms with Gasteiger partial charge in [0, 0.05) is 19.7 Å². The van der Waals surface area contributed by atoms with Gasteiger partial charge in [-0.25, -0.2) is 0 Å². The second-order valence-electron chi connectivity index (χ2n) is 4.11. The summed E-state index contributed by atoms with van der Waals surface area (Å²) >= 11 is 0. The second-order valence-corrected chi connectivity index (χ2v) is 4.11. The molecule has 1 heterocycles. The van der Waals surface area contributed by atoms with Gasteiger partial charge >= 0.3 is 0 Å². The van der Waals surface area contributed by atoms with E-state index in [0.717, 1.165) is 18.4 Å². The quantitative estimate of drug-likeness (QED) is 0.675. The highest BCUT2D eigenvalue weighted by atomic mass is 16.1. The molecule has 0 atom stereocenters. The van der Waals surface area contributed by atoms with E-state index in [1.807, 2.05) is 7.05 Å². The molecule has 0 aliphatic carbocycles. The third-order valence-corrected chi connectivity index (χ3v) is 2.21. The molecule has 0 spiro atoms. The van der Waals surface area contributed by atoms with Crippen molar-refractivity contribution in [3.05, 3.63) is 18.0 Å². The number of carbonyl (C=O) groups is 1. The lowest BCUT2D eigenvalue weighted by Gasteiger charge is -2.02. The summed E-state index contributed by atoms with van der Waals surface area (Å²) in [4.78, 5) is 11.6. The van der Waals surface area contributed by atoms with Crippen molar-refractivity contribution >= 4 is 5.78 Å². The monoisotopic (exact) mass is 194 g/mol. The van der Waals surface area contributed by atoms with Gasteiger partial charge in [-0.3, -0.25) is 9.48 Å². The molecule has 0 N–H and O–H groups in total. The third kappa shape index (κ3) is 3.32. The van der Waals surface area contributed by atoms with E-state index in [9.17, 15) is 4.79 Å². The van der Waals surface area contributed by atoms with Crippen LogP contribution in [0.25, 0.3) is 0 Å². The molecule has 78 valence electrons. The summed E-state index contributed by atoms with van der Waals surface area (Å²) in [5.41, 5.74) is 0.733. The van der Waals surface area contributed by atoms with Gasteiger partial charge < -0.3 is 0 Å². The van der Waals surface area contributed by atoms with E-state index in [-0.39, 0.29) is 5.78 Å². The molecular weight excluding hydrogens is 176 g/mol. The molecule has 0 amide bonds. The summed E-state index contributed by atoms with van der Waals surface area (Å²) in [5.74, 6) is 0.885. The van der Waals surface area contributed by atoms with Crippen molar-refractivity contribution in [2.45, 2.75) is 33.1 Å². The summed E-state index contributed by atoms with van der Waals surface area (Å²) in [7, 11) is 1.82. The molecule has 3 heteroatoms. The fraction of sp³-hybridized carbons (Fsp3) is 0.636. The molecule has 0 unspecified atom stereocenters. The maximum atomic E-state index is 11.6. The van der Waals surface area contributed by atoms with E-state index < -0.39 is 0 Å². The zero-order valence-electron chi connectivity index (χ0n) is 9.16. The first-order valence-electron chi connectivity index (χ1n) is 5.11. The van der Waals surface area contributed by atoms with Gasteiger partial charge in [-0.2, -0.15) is 5.10 Å². The van der Waals surface area contributed by atoms with Crippen molar-refractivity contribution in [3.63, 3.8) is 0 Å². The van der Waals surface area contributed by atoms with Crippen molar-refractivity contribution in [1.29, 1.82) is 0 Å². The summed E-state index contributed by atoms with van der Waals surface area (Å²) in [6, 6.07) is 0. The minimum absolute atomic E-state index is 0.207. The molecule has 0 saturated heterocycles. The van der Waals surface area contributed by atoms with E-state index >= 15 is 0 Å². The Morgan fingerprint density at radius 1 is 1.57 bits per heavy atom. The highest BCUT2D eigenvalue weighted by Gasteiger charge is 2.07. The molecule has 0 radical (unpaired) electrons. The van der Waals surface area contributed by atoms with Crippen molar-refractivity contribution in [2.75, 3.05) is 0 Å². The first-order valence-corrected chi connectivity index (χ1v) is 5.11. The molecule has 0 aliphatic heterocycles. The minimum Gasteiger partial charge on any atom is -0.294 e. The predicted molar refractivity (Wildman–Crippen MR) is 56.2 cm³/mol. The third-order valence-electron chi connectivity index (χ3n) is 2.21. The van der Waals surface area contributed by atoms with Crippen LogP contribution in [0, 0.1) is 5.92 Å². The first-order chi connectivity index (χ1) is 6.59. The number of hydrogen-bond donors (Lipinski definition) is 0. The van der Waals surface area contributed by atoms with Crippen LogP contribution >= 0.6 is 0 Å². The lowest BCUT2D eigenvalue weighted by molar-refractivity contribution is 0.0978. The number of ketones is 1. The number of aromatic nitrogens is 2. The zero-order valence-corrected chi connectivity index (χ0v) is 9.16. The van der Waals surface area contributed by atoms with Crippen LogP contribution in [0.2, 0.25) is 0 Å². The Bertz CT molecular complexity index is 302. The van der Waals surface area contributed by atoms with Crippen LogP contribution in [0.4, 0.5) is 0 Å². The van der Waals surface area contributed by atoms with Crippen molar-refractivity contribution in [1.82, 2.24) is 9.78 Å². The van der Waals surface area contributed by atoms with Crippen LogP contribution in [-0.2, 0) is 7.05 Å². The Balaban J connectivity index is 2.36. The molecule has 0 bridgehead atoms. The standard InChI is InChI=1S/C11H18N2O/c1-9(2)5-4-6-11(14)10-7-12-13(3)8-10/h7-9H,4-6H2,1-3H3. The fourth-order valence-corrected chi connectivity index (χ4v) is 1.38. The van der Waals surface area contributed by atoms with Gasteiger partial charge in [-0.15, -0.1) is 0 Å². The van der Waals surface area contributed by atoms with Gasteiger partial charge in [0.15, 0.2) is 5.78 Å². The van der Waals surface area contributed by atoms with E-state index in [1.54, 1.807) is 17.1 Å². The number of Topliss-reactive ketones (excluding diaryl/α,β-unsaturated/α-hetero) is 1. The number of carbonyl (C=O) groups excluding carboxylic acids is 1. The number of hydrogen-bond acceptors (Lipinski definition) is 2. The van der Waals surface area contributed by atoms with E-state index in [1.165, 1.54) is 0 Å². The van der Waals surface area contributed by atoms with Crippen LogP contribution in [-0.4, -0.2) is 15.6 Å². The van der Waals surface area contributed by atoms with Crippen LogP contribution in [0.5, 0.6) is 0 Å². The normalized spacial score (nSPS) is 10.9. The Hall–Kier alpha value is -1.12. The van der Waals surface area contributed by atoms with Gasteiger partial charge in [0.1, 0.15) is 0 Å².